The molecule has 0 bridgehead atoms. The lowest BCUT2D eigenvalue weighted by Gasteiger charge is -2.19. The van der Waals surface area contributed by atoms with Gasteiger partial charge in [0, 0.05) is 18.7 Å². The maximum Gasteiger partial charge on any atom is 0.371 e. The maximum absolute atomic E-state index is 10.8. The van der Waals surface area contributed by atoms with Crippen LogP contribution in [0.3, 0.4) is 0 Å². The van der Waals surface area contributed by atoms with Gasteiger partial charge < -0.3 is 14.8 Å². The molecule has 0 aromatic carbocycles. The standard InChI is InChI=1S/C14H21NO3/c1-9(2)14(4-5-14)8-15-7-11-6-12(13(16)17)18-10(11)3/h6,9,15H,4-5,7-8H2,1-3H3,(H,16,17). The molecule has 100 valence electrons. The van der Waals surface area contributed by atoms with Gasteiger partial charge in [0.25, 0.3) is 0 Å². The van der Waals surface area contributed by atoms with Crippen molar-refractivity contribution < 1.29 is 14.3 Å². The average molecular weight is 251 g/mol. The molecule has 18 heavy (non-hydrogen) atoms. The maximum atomic E-state index is 10.8. The fraction of sp³-hybridized carbons (Fsp3) is 0.643. The first-order valence-electron chi connectivity index (χ1n) is 6.48. The Morgan fingerprint density at radius 3 is 2.67 bits per heavy atom. The van der Waals surface area contributed by atoms with Crippen molar-refractivity contribution in [2.45, 2.75) is 40.2 Å². The lowest BCUT2D eigenvalue weighted by atomic mass is 9.92. The predicted octanol–water partition coefficient (Wildman–Crippen LogP) is 2.81. The van der Waals surface area contributed by atoms with E-state index in [1.165, 1.54) is 12.8 Å². The normalized spacial score (nSPS) is 17.1. The van der Waals surface area contributed by atoms with Gasteiger partial charge in [0.1, 0.15) is 5.76 Å². The van der Waals surface area contributed by atoms with Crippen molar-refractivity contribution in [3.8, 4) is 0 Å². The highest BCUT2D eigenvalue weighted by Gasteiger charge is 2.44. The molecule has 0 saturated heterocycles. The van der Waals surface area contributed by atoms with Gasteiger partial charge in [0.2, 0.25) is 5.76 Å². The van der Waals surface area contributed by atoms with Crippen molar-refractivity contribution >= 4 is 5.97 Å². The minimum atomic E-state index is -1.01. The van der Waals surface area contributed by atoms with E-state index in [2.05, 4.69) is 19.2 Å². The van der Waals surface area contributed by atoms with Crippen LogP contribution in [0.2, 0.25) is 0 Å². The molecule has 4 heteroatoms. The zero-order valence-electron chi connectivity index (χ0n) is 11.2. The molecule has 2 rings (SSSR count). The first-order chi connectivity index (χ1) is 8.44. The molecule has 0 aliphatic heterocycles. The molecule has 0 radical (unpaired) electrons. The van der Waals surface area contributed by atoms with Crippen LogP contribution in [0.5, 0.6) is 0 Å². The number of aromatic carboxylic acids is 1. The van der Waals surface area contributed by atoms with E-state index in [0.29, 0.717) is 23.6 Å². The van der Waals surface area contributed by atoms with Crippen LogP contribution >= 0.6 is 0 Å². The number of hydrogen-bond donors (Lipinski definition) is 2. The summed E-state index contributed by atoms with van der Waals surface area (Å²) in [6.45, 7) is 8.01. The number of carboxylic acids is 1. The minimum absolute atomic E-state index is 0.0225. The number of rotatable bonds is 6. The Balaban J connectivity index is 1.89. The molecule has 1 aromatic rings. The molecule has 1 heterocycles. The van der Waals surface area contributed by atoms with Gasteiger partial charge in [-0.1, -0.05) is 13.8 Å². The lowest BCUT2D eigenvalue weighted by molar-refractivity contribution is 0.0661. The number of nitrogens with one attached hydrogen (secondary N) is 1. The van der Waals surface area contributed by atoms with Crippen LogP contribution in [0.25, 0.3) is 0 Å². The Hall–Kier alpha value is -1.29. The molecule has 2 N–H and O–H groups in total. The van der Waals surface area contributed by atoms with Gasteiger partial charge in [0.05, 0.1) is 0 Å². The van der Waals surface area contributed by atoms with Gasteiger partial charge in [-0.3, -0.25) is 0 Å². The molecule has 1 aromatic heterocycles. The van der Waals surface area contributed by atoms with Gasteiger partial charge >= 0.3 is 5.97 Å². The van der Waals surface area contributed by atoms with Crippen molar-refractivity contribution in [1.29, 1.82) is 0 Å². The summed E-state index contributed by atoms with van der Waals surface area (Å²) in [5.74, 6) is 0.402. The van der Waals surface area contributed by atoms with E-state index in [1.54, 1.807) is 13.0 Å². The summed E-state index contributed by atoms with van der Waals surface area (Å²) in [4.78, 5) is 10.8. The van der Waals surface area contributed by atoms with E-state index in [1.807, 2.05) is 0 Å². The molecule has 0 amide bonds. The highest BCUT2D eigenvalue weighted by Crippen LogP contribution is 2.51. The molecule has 1 saturated carbocycles. The van der Waals surface area contributed by atoms with Crippen LogP contribution in [-0.4, -0.2) is 17.6 Å². The van der Waals surface area contributed by atoms with E-state index >= 15 is 0 Å². The van der Waals surface area contributed by atoms with Gasteiger partial charge in [-0.2, -0.15) is 0 Å². The largest absolute Gasteiger partial charge is 0.475 e. The molecular formula is C14H21NO3. The monoisotopic (exact) mass is 251 g/mol. The second kappa shape index (κ2) is 4.76. The quantitative estimate of drug-likeness (QED) is 0.816. The highest BCUT2D eigenvalue weighted by molar-refractivity contribution is 5.84. The SMILES string of the molecule is Cc1oc(C(=O)O)cc1CNCC1(C(C)C)CC1. The Morgan fingerprint density at radius 1 is 1.56 bits per heavy atom. The summed E-state index contributed by atoms with van der Waals surface area (Å²) in [6, 6.07) is 1.61. The zero-order valence-corrected chi connectivity index (χ0v) is 11.2. The van der Waals surface area contributed by atoms with Crippen LogP contribution in [0, 0.1) is 18.3 Å². The van der Waals surface area contributed by atoms with E-state index in [9.17, 15) is 4.79 Å². The van der Waals surface area contributed by atoms with Crippen molar-refractivity contribution in [1.82, 2.24) is 5.32 Å². The summed E-state index contributed by atoms with van der Waals surface area (Å²) in [5.41, 5.74) is 1.40. The molecule has 1 fully saturated rings. The van der Waals surface area contributed by atoms with Gasteiger partial charge in [-0.25, -0.2) is 4.79 Å². The molecule has 1 aliphatic rings. The second-order valence-electron chi connectivity index (χ2n) is 5.62. The Bertz CT molecular complexity index is 444. The first-order valence-corrected chi connectivity index (χ1v) is 6.48. The summed E-state index contributed by atoms with van der Waals surface area (Å²) >= 11 is 0. The Kier molecular flexibility index (Phi) is 3.48. The van der Waals surface area contributed by atoms with Crippen molar-refractivity contribution in [3.63, 3.8) is 0 Å². The van der Waals surface area contributed by atoms with Crippen LogP contribution in [0.4, 0.5) is 0 Å². The second-order valence-corrected chi connectivity index (χ2v) is 5.62. The number of hydrogen-bond acceptors (Lipinski definition) is 3. The number of carboxylic acid groups (broad SMARTS) is 1. The molecule has 0 unspecified atom stereocenters. The predicted molar refractivity (Wildman–Crippen MR) is 68.6 cm³/mol. The number of furan rings is 1. The fourth-order valence-electron chi connectivity index (χ4n) is 2.37. The molecular weight excluding hydrogens is 230 g/mol. The first kappa shape index (κ1) is 13.1. The third kappa shape index (κ3) is 2.58. The fourth-order valence-corrected chi connectivity index (χ4v) is 2.37. The van der Waals surface area contributed by atoms with Gasteiger partial charge in [-0.05, 0) is 37.2 Å². The molecule has 1 aliphatic carbocycles. The van der Waals surface area contributed by atoms with Gasteiger partial charge in [0.15, 0.2) is 0 Å². The van der Waals surface area contributed by atoms with Crippen LogP contribution in [-0.2, 0) is 6.54 Å². The molecule has 0 spiro atoms. The van der Waals surface area contributed by atoms with E-state index in [0.717, 1.165) is 12.1 Å². The van der Waals surface area contributed by atoms with Crippen molar-refractivity contribution in [2.24, 2.45) is 11.3 Å². The minimum Gasteiger partial charge on any atom is -0.475 e. The summed E-state index contributed by atoms with van der Waals surface area (Å²) in [5, 5.41) is 12.3. The van der Waals surface area contributed by atoms with Crippen molar-refractivity contribution in [2.75, 3.05) is 6.54 Å². The smallest absolute Gasteiger partial charge is 0.371 e. The summed E-state index contributed by atoms with van der Waals surface area (Å²) < 4.78 is 5.18. The number of carbonyl (C=O) groups is 1. The molecule has 4 nitrogen and oxygen atoms in total. The summed E-state index contributed by atoms with van der Waals surface area (Å²) in [6.07, 6.45) is 2.59. The average Bonchev–Trinajstić information content (AvgIpc) is 2.99. The van der Waals surface area contributed by atoms with E-state index in [-0.39, 0.29) is 5.76 Å². The van der Waals surface area contributed by atoms with E-state index < -0.39 is 5.97 Å². The van der Waals surface area contributed by atoms with Crippen LogP contribution < -0.4 is 5.32 Å². The van der Waals surface area contributed by atoms with E-state index in [4.69, 9.17) is 9.52 Å². The molecule has 0 atom stereocenters. The highest BCUT2D eigenvalue weighted by atomic mass is 16.4. The van der Waals surface area contributed by atoms with Gasteiger partial charge in [-0.15, -0.1) is 0 Å². The summed E-state index contributed by atoms with van der Waals surface area (Å²) in [7, 11) is 0. The third-order valence-corrected chi connectivity index (χ3v) is 4.14. The lowest BCUT2D eigenvalue weighted by Crippen LogP contribution is -2.27. The third-order valence-electron chi connectivity index (χ3n) is 4.14. The Morgan fingerprint density at radius 2 is 2.22 bits per heavy atom. The topological polar surface area (TPSA) is 62.5 Å². The number of aryl methyl sites for hydroxylation is 1. The Labute approximate surface area is 107 Å². The van der Waals surface area contributed by atoms with Crippen LogP contribution in [0.15, 0.2) is 10.5 Å². The van der Waals surface area contributed by atoms with Crippen molar-refractivity contribution in [3.05, 3.63) is 23.2 Å². The zero-order chi connectivity index (χ0) is 13.3. The van der Waals surface area contributed by atoms with Crippen LogP contribution in [0.1, 0.15) is 48.6 Å².